The Morgan fingerprint density at radius 2 is 2.10 bits per heavy atom. The summed E-state index contributed by atoms with van der Waals surface area (Å²) in [7, 11) is 0. The van der Waals surface area contributed by atoms with Gasteiger partial charge in [-0.3, -0.25) is 9.78 Å². The molecule has 2 aromatic heterocycles. The third kappa shape index (κ3) is 2.88. The molecule has 3 nitrogen and oxygen atoms in total. The lowest BCUT2D eigenvalue weighted by atomic mass is 10.1. The van der Waals surface area contributed by atoms with Crippen molar-refractivity contribution in [3.05, 3.63) is 55.2 Å². The number of amides is 1. The third-order valence-corrected chi connectivity index (χ3v) is 6.34. The second kappa shape index (κ2) is 5.87. The van der Waals surface area contributed by atoms with E-state index in [1.165, 1.54) is 11.3 Å². The lowest BCUT2D eigenvalue weighted by Crippen LogP contribution is -2.10. The Hall–Kier alpha value is -1.24. The molecule has 0 aliphatic rings. The van der Waals surface area contributed by atoms with Gasteiger partial charge in [-0.15, -0.1) is 11.3 Å². The lowest BCUT2D eigenvalue weighted by molar-refractivity contribution is 0.103. The number of nitrogens with zero attached hydrogens (tertiary/aromatic N) is 1. The topological polar surface area (TPSA) is 42.0 Å². The molecule has 0 aliphatic carbocycles. The molecular formula is C15H10Br2N2OS. The number of rotatable bonds is 2. The number of halogens is 2. The highest BCUT2D eigenvalue weighted by Crippen LogP contribution is 2.33. The number of aryl methyl sites for hydroxylation is 1. The van der Waals surface area contributed by atoms with Crippen molar-refractivity contribution in [3.8, 4) is 0 Å². The molecule has 3 aromatic rings. The molecule has 21 heavy (non-hydrogen) atoms. The van der Waals surface area contributed by atoms with E-state index in [1.54, 1.807) is 12.3 Å². The first-order chi connectivity index (χ1) is 10.1. The van der Waals surface area contributed by atoms with Crippen LogP contribution < -0.4 is 5.32 Å². The lowest BCUT2D eigenvalue weighted by Gasteiger charge is -2.09. The maximum atomic E-state index is 12.3. The highest BCUT2D eigenvalue weighted by atomic mass is 79.9. The molecule has 0 aliphatic heterocycles. The van der Waals surface area contributed by atoms with Crippen molar-refractivity contribution < 1.29 is 4.79 Å². The molecule has 0 spiro atoms. The van der Waals surface area contributed by atoms with Gasteiger partial charge in [0.25, 0.3) is 5.91 Å². The number of hydrogen-bond donors (Lipinski definition) is 1. The number of carbonyl (C=O) groups excluding carboxylic acids is 1. The Bertz CT molecular complexity index is 825. The summed E-state index contributed by atoms with van der Waals surface area (Å²) in [4.78, 5) is 17.4. The van der Waals surface area contributed by atoms with Crippen LogP contribution in [-0.2, 0) is 0 Å². The summed E-state index contributed by atoms with van der Waals surface area (Å²) in [5.41, 5.74) is 2.77. The van der Waals surface area contributed by atoms with Crippen molar-refractivity contribution in [2.45, 2.75) is 6.92 Å². The van der Waals surface area contributed by atoms with Crippen LogP contribution in [0.1, 0.15) is 15.2 Å². The molecule has 1 aromatic carbocycles. The number of pyridine rings is 1. The van der Waals surface area contributed by atoms with Gasteiger partial charge in [-0.05, 0) is 68.6 Å². The first-order valence-electron chi connectivity index (χ1n) is 6.17. The molecule has 0 bridgehead atoms. The minimum Gasteiger partial charge on any atom is -0.321 e. The number of hydrogen-bond acceptors (Lipinski definition) is 3. The standard InChI is InChI=1S/C15H10Br2N2OS/c1-8-4-5-11(9-3-2-6-18-13(8)9)19-15(20)12-7-10(16)14(17)21-12/h2-7H,1H3,(H,19,20). The van der Waals surface area contributed by atoms with Crippen molar-refractivity contribution in [3.63, 3.8) is 0 Å². The van der Waals surface area contributed by atoms with Gasteiger partial charge in [0.15, 0.2) is 0 Å². The van der Waals surface area contributed by atoms with E-state index in [0.29, 0.717) is 4.88 Å². The number of aromatic nitrogens is 1. The fourth-order valence-electron chi connectivity index (χ4n) is 2.07. The molecule has 2 heterocycles. The number of carbonyl (C=O) groups is 1. The van der Waals surface area contributed by atoms with Crippen LogP contribution in [0.2, 0.25) is 0 Å². The zero-order chi connectivity index (χ0) is 15.0. The van der Waals surface area contributed by atoms with E-state index >= 15 is 0 Å². The molecule has 1 amide bonds. The summed E-state index contributed by atoms with van der Waals surface area (Å²) in [5.74, 6) is -0.125. The van der Waals surface area contributed by atoms with E-state index in [4.69, 9.17) is 0 Å². The summed E-state index contributed by atoms with van der Waals surface area (Å²) in [6.07, 6.45) is 1.76. The van der Waals surface area contributed by atoms with E-state index < -0.39 is 0 Å². The van der Waals surface area contributed by atoms with E-state index in [-0.39, 0.29) is 5.91 Å². The number of fused-ring (bicyclic) bond motifs is 1. The van der Waals surface area contributed by atoms with Crippen LogP contribution in [0.5, 0.6) is 0 Å². The van der Waals surface area contributed by atoms with Gasteiger partial charge in [-0.25, -0.2) is 0 Å². The van der Waals surface area contributed by atoms with Crippen LogP contribution in [0.4, 0.5) is 5.69 Å². The van der Waals surface area contributed by atoms with E-state index in [0.717, 1.165) is 30.4 Å². The molecule has 6 heteroatoms. The van der Waals surface area contributed by atoms with Crippen LogP contribution in [0.15, 0.2) is 44.8 Å². The van der Waals surface area contributed by atoms with Gasteiger partial charge in [-0.2, -0.15) is 0 Å². The SMILES string of the molecule is Cc1ccc(NC(=O)c2cc(Br)c(Br)s2)c2cccnc12. The van der Waals surface area contributed by atoms with Crippen molar-refractivity contribution in [1.29, 1.82) is 0 Å². The van der Waals surface area contributed by atoms with Gasteiger partial charge in [-0.1, -0.05) is 6.07 Å². The largest absolute Gasteiger partial charge is 0.321 e. The second-order valence-electron chi connectivity index (χ2n) is 4.52. The zero-order valence-electron chi connectivity index (χ0n) is 11.0. The summed E-state index contributed by atoms with van der Waals surface area (Å²) >= 11 is 8.19. The molecule has 1 N–H and O–H groups in total. The second-order valence-corrected chi connectivity index (χ2v) is 7.74. The summed E-state index contributed by atoms with van der Waals surface area (Å²) in [6.45, 7) is 2.01. The van der Waals surface area contributed by atoms with Gasteiger partial charge >= 0.3 is 0 Å². The summed E-state index contributed by atoms with van der Waals surface area (Å²) in [5, 5.41) is 3.90. The number of benzene rings is 1. The van der Waals surface area contributed by atoms with Gasteiger partial charge in [0.05, 0.1) is 19.9 Å². The highest BCUT2D eigenvalue weighted by Gasteiger charge is 2.14. The quantitative estimate of drug-likeness (QED) is 0.598. The fourth-order valence-corrected chi connectivity index (χ4v) is 4.00. The van der Waals surface area contributed by atoms with Crippen LogP contribution in [0, 0.1) is 6.92 Å². The minimum atomic E-state index is -0.125. The molecule has 0 radical (unpaired) electrons. The molecule has 0 atom stereocenters. The number of nitrogens with one attached hydrogen (secondary N) is 1. The van der Waals surface area contributed by atoms with Gasteiger partial charge in [0.1, 0.15) is 0 Å². The fraction of sp³-hybridized carbons (Fsp3) is 0.0667. The van der Waals surface area contributed by atoms with Gasteiger partial charge in [0.2, 0.25) is 0 Å². The van der Waals surface area contributed by atoms with E-state index in [9.17, 15) is 4.79 Å². The first-order valence-corrected chi connectivity index (χ1v) is 8.57. The van der Waals surface area contributed by atoms with Crippen LogP contribution in [-0.4, -0.2) is 10.9 Å². The van der Waals surface area contributed by atoms with Gasteiger partial charge in [0, 0.05) is 16.1 Å². The Kier molecular flexibility index (Phi) is 4.10. The molecule has 3 rings (SSSR count). The predicted octanol–water partition coefficient (Wildman–Crippen LogP) is 5.38. The molecule has 0 saturated heterocycles. The Morgan fingerprint density at radius 1 is 1.29 bits per heavy atom. The minimum absolute atomic E-state index is 0.125. The van der Waals surface area contributed by atoms with Crippen molar-refractivity contribution in [2.75, 3.05) is 5.32 Å². The van der Waals surface area contributed by atoms with Crippen molar-refractivity contribution >= 4 is 65.7 Å². The molecule has 0 saturated carbocycles. The monoisotopic (exact) mass is 424 g/mol. The Morgan fingerprint density at radius 3 is 2.81 bits per heavy atom. The number of anilines is 1. The van der Waals surface area contributed by atoms with E-state index in [1.807, 2.05) is 31.2 Å². The van der Waals surface area contributed by atoms with Crippen LogP contribution in [0.3, 0.4) is 0 Å². The summed E-state index contributed by atoms with van der Waals surface area (Å²) in [6, 6.07) is 9.51. The van der Waals surface area contributed by atoms with Gasteiger partial charge < -0.3 is 5.32 Å². The first kappa shape index (κ1) is 14.7. The average molecular weight is 426 g/mol. The van der Waals surface area contributed by atoms with Crippen LogP contribution >= 0.6 is 43.2 Å². The molecule has 106 valence electrons. The van der Waals surface area contributed by atoms with E-state index in [2.05, 4.69) is 42.2 Å². The maximum absolute atomic E-state index is 12.3. The molecule has 0 fully saturated rings. The smallest absolute Gasteiger partial charge is 0.265 e. The summed E-state index contributed by atoms with van der Waals surface area (Å²) < 4.78 is 1.79. The normalized spacial score (nSPS) is 10.8. The average Bonchev–Trinajstić information content (AvgIpc) is 2.82. The highest BCUT2D eigenvalue weighted by molar-refractivity contribution is 9.13. The molecule has 0 unspecified atom stereocenters. The van der Waals surface area contributed by atoms with Crippen molar-refractivity contribution in [1.82, 2.24) is 4.98 Å². The Labute approximate surface area is 142 Å². The van der Waals surface area contributed by atoms with Crippen molar-refractivity contribution in [2.24, 2.45) is 0 Å². The zero-order valence-corrected chi connectivity index (χ0v) is 15.0. The predicted molar refractivity (Wildman–Crippen MR) is 94.2 cm³/mol. The third-order valence-electron chi connectivity index (χ3n) is 3.09. The Balaban J connectivity index is 1.98. The number of thiophene rings is 1. The maximum Gasteiger partial charge on any atom is 0.265 e. The van der Waals surface area contributed by atoms with Crippen LogP contribution in [0.25, 0.3) is 10.9 Å². The molecular weight excluding hydrogens is 416 g/mol.